The molecule has 5 nitrogen and oxygen atoms in total. The Kier molecular flexibility index (Phi) is 5.30. The molecule has 1 atom stereocenters. The maximum atomic E-state index is 5.40. The third-order valence-corrected chi connectivity index (χ3v) is 6.22. The van der Waals surface area contributed by atoms with Crippen molar-refractivity contribution < 1.29 is 9.47 Å². The van der Waals surface area contributed by atoms with E-state index >= 15 is 0 Å². The first-order chi connectivity index (χ1) is 13.2. The van der Waals surface area contributed by atoms with Gasteiger partial charge in [-0.15, -0.1) is 0 Å². The predicted octanol–water partition coefficient (Wildman–Crippen LogP) is 4.14. The minimum atomic E-state index is 0.319. The number of aromatic nitrogens is 2. The molecule has 0 bridgehead atoms. The van der Waals surface area contributed by atoms with Gasteiger partial charge in [-0.05, 0) is 62.1 Å². The summed E-state index contributed by atoms with van der Waals surface area (Å²) < 4.78 is 10.5. The molecule has 0 N–H and O–H groups in total. The Balaban J connectivity index is 1.39. The van der Waals surface area contributed by atoms with Crippen molar-refractivity contribution in [2.24, 2.45) is 5.92 Å². The summed E-state index contributed by atoms with van der Waals surface area (Å²) in [5.41, 5.74) is 3.40. The summed E-state index contributed by atoms with van der Waals surface area (Å²) in [6, 6.07) is 9.90. The second kappa shape index (κ2) is 7.85. The zero-order valence-electron chi connectivity index (χ0n) is 16.5. The van der Waals surface area contributed by atoms with Crippen LogP contribution in [-0.4, -0.2) is 48.2 Å². The van der Waals surface area contributed by atoms with Crippen LogP contribution in [0, 0.1) is 5.92 Å². The fourth-order valence-electron chi connectivity index (χ4n) is 4.49. The molecule has 5 heteroatoms. The molecule has 2 fully saturated rings. The fourth-order valence-corrected chi connectivity index (χ4v) is 4.49. The molecule has 1 saturated heterocycles. The number of hydrogen-bond acceptors (Lipinski definition) is 5. The lowest BCUT2D eigenvalue weighted by molar-refractivity contribution is 0.154. The zero-order valence-corrected chi connectivity index (χ0v) is 16.5. The summed E-state index contributed by atoms with van der Waals surface area (Å²) in [6.07, 6.45) is 7.14. The van der Waals surface area contributed by atoms with E-state index in [-0.39, 0.29) is 0 Å². The van der Waals surface area contributed by atoms with Crippen LogP contribution in [0.15, 0.2) is 30.5 Å². The molecule has 144 valence electrons. The first-order valence-electron chi connectivity index (χ1n) is 9.97. The number of nitrogens with zero attached hydrogens (tertiary/aromatic N) is 3. The van der Waals surface area contributed by atoms with Crippen molar-refractivity contribution in [3.63, 3.8) is 0 Å². The topological polar surface area (TPSA) is 47.5 Å². The number of ether oxygens (including phenoxy) is 2. The number of likely N-dealkylation sites (tertiary alicyclic amines) is 1. The highest BCUT2D eigenvalue weighted by Crippen LogP contribution is 2.43. The first kappa shape index (κ1) is 18.2. The largest absolute Gasteiger partial charge is 0.480 e. The number of methoxy groups -OCH3 is 2. The number of hydrogen-bond donors (Lipinski definition) is 0. The van der Waals surface area contributed by atoms with Crippen molar-refractivity contribution in [1.29, 1.82) is 0 Å². The normalized spacial score (nSPS) is 25.2. The zero-order chi connectivity index (χ0) is 18.8. The summed E-state index contributed by atoms with van der Waals surface area (Å²) >= 11 is 0. The van der Waals surface area contributed by atoms with Crippen LogP contribution < -0.4 is 9.47 Å². The van der Waals surface area contributed by atoms with E-state index in [1.54, 1.807) is 20.4 Å². The highest BCUT2D eigenvalue weighted by atomic mass is 16.5. The van der Waals surface area contributed by atoms with E-state index in [0.717, 1.165) is 23.1 Å². The Labute approximate surface area is 161 Å². The lowest BCUT2D eigenvalue weighted by Crippen LogP contribution is -2.37. The Morgan fingerprint density at radius 2 is 1.89 bits per heavy atom. The standard InChI is InChI=1S/C22H29N3O2/c1-15-5-4-10-25(15)14-16-11-19(12-16)17-6-8-18(9-7-17)20-13-23-22(27-3)24-21(20)26-2/h6-9,13,15-16,19H,4-5,10-12,14H2,1-3H3/t15-,16?,19?/m1/s1. The smallest absolute Gasteiger partial charge is 0.319 e. The molecule has 0 amide bonds. The third-order valence-electron chi connectivity index (χ3n) is 6.22. The van der Waals surface area contributed by atoms with Crippen molar-refractivity contribution >= 4 is 0 Å². The Bertz CT molecular complexity index is 772. The summed E-state index contributed by atoms with van der Waals surface area (Å²) in [5.74, 6) is 2.11. The molecule has 0 spiro atoms. The molecule has 0 unspecified atom stereocenters. The van der Waals surface area contributed by atoms with Crippen molar-refractivity contribution in [1.82, 2.24) is 14.9 Å². The summed E-state index contributed by atoms with van der Waals surface area (Å²) in [4.78, 5) is 11.2. The molecule has 4 rings (SSSR count). The molecule has 1 aromatic heterocycles. The van der Waals surface area contributed by atoms with Crippen LogP contribution in [0.2, 0.25) is 0 Å². The van der Waals surface area contributed by atoms with Crippen molar-refractivity contribution in [3.8, 4) is 23.0 Å². The van der Waals surface area contributed by atoms with Gasteiger partial charge in [0, 0.05) is 18.8 Å². The van der Waals surface area contributed by atoms with Crippen LogP contribution >= 0.6 is 0 Å². The SMILES string of the molecule is COc1ncc(-c2ccc(C3CC(CN4CCC[C@H]4C)C3)cc2)c(OC)n1. The molecule has 1 aromatic carbocycles. The van der Waals surface area contributed by atoms with Crippen LogP contribution in [0.1, 0.15) is 44.1 Å². The van der Waals surface area contributed by atoms with Gasteiger partial charge in [0.25, 0.3) is 0 Å². The highest BCUT2D eigenvalue weighted by molar-refractivity contribution is 5.68. The minimum Gasteiger partial charge on any atom is -0.480 e. The Hall–Kier alpha value is -2.14. The molecule has 2 heterocycles. The van der Waals surface area contributed by atoms with E-state index in [4.69, 9.17) is 9.47 Å². The van der Waals surface area contributed by atoms with Gasteiger partial charge < -0.3 is 14.4 Å². The maximum absolute atomic E-state index is 5.40. The molecular formula is C22H29N3O2. The van der Waals surface area contributed by atoms with E-state index in [1.807, 2.05) is 0 Å². The monoisotopic (exact) mass is 367 g/mol. The highest BCUT2D eigenvalue weighted by Gasteiger charge is 2.33. The average molecular weight is 367 g/mol. The van der Waals surface area contributed by atoms with E-state index in [2.05, 4.69) is 46.1 Å². The Morgan fingerprint density at radius 1 is 1.11 bits per heavy atom. The van der Waals surface area contributed by atoms with E-state index < -0.39 is 0 Å². The van der Waals surface area contributed by atoms with Crippen LogP contribution in [0.3, 0.4) is 0 Å². The van der Waals surface area contributed by atoms with Gasteiger partial charge in [-0.3, -0.25) is 0 Å². The molecule has 2 aromatic rings. The van der Waals surface area contributed by atoms with Crippen molar-refractivity contribution in [2.45, 2.75) is 44.6 Å². The quantitative estimate of drug-likeness (QED) is 0.768. The van der Waals surface area contributed by atoms with Gasteiger partial charge in [-0.25, -0.2) is 4.98 Å². The first-order valence-corrected chi connectivity index (χ1v) is 9.97. The summed E-state index contributed by atoms with van der Waals surface area (Å²) in [5, 5.41) is 0. The van der Waals surface area contributed by atoms with Gasteiger partial charge in [0.1, 0.15) is 0 Å². The van der Waals surface area contributed by atoms with Crippen molar-refractivity contribution in [3.05, 3.63) is 36.0 Å². The van der Waals surface area contributed by atoms with Gasteiger partial charge in [0.2, 0.25) is 5.88 Å². The predicted molar refractivity (Wildman–Crippen MR) is 106 cm³/mol. The van der Waals surface area contributed by atoms with Gasteiger partial charge in [0.05, 0.1) is 19.8 Å². The van der Waals surface area contributed by atoms with Crippen LogP contribution in [0.5, 0.6) is 11.9 Å². The molecule has 0 radical (unpaired) electrons. The number of benzene rings is 1. The summed E-state index contributed by atoms with van der Waals surface area (Å²) in [6.45, 7) is 4.96. The van der Waals surface area contributed by atoms with Crippen LogP contribution in [0.25, 0.3) is 11.1 Å². The third kappa shape index (κ3) is 3.79. The van der Waals surface area contributed by atoms with Gasteiger partial charge in [-0.2, -0.15) is 4.98 Å². The van der Waals surface area contributed by atoms with Gasteiger partial charge in [0.15, 0.2) is 0 Å². The van der Waals surface area contributed by atoms with Gasteiger partial charge >= 0.3 is 6.01 Å². The molecule has 1 aliphatic heterocycles. The fraction of sp³-hybridized carbons (Fsp3) is 0.545. The minimum absolute atomic E-state index is 0.319. The second-order valence-electron chi connectivity index (χ2n) is 7.92. The Morgan fingerprint density at radius 3 is 2.52 bits per heavy atom. The van der Waals surface area contributed by atoms with Crippen LogP contribution in [0.4, 0.5) is 0 Å². The van der Waals surface area contributed by atoms with E-state index in [0.29, 0.717) is 17.8 Å². The average Bonchev–Trinajstić information content (AvgIpc) is 3.08. The molecule has 1 aliphatic carbocycles. The number of rotatable bonds is 6. The lowest BCUT2D eigenvalue weighted by Gasteiger charge is -2.39. The summed E-state index contributed by atoms with van der Waals surface area (Å²) in [7, 11) is 3.18. The maximum Gasteiger partial charge on any atom is 0.319 e. The molecule has 27 heavy (non-hydrogen) atoms. The van der Waals surface area contributed by atoms with Crippen molar-refractivity contribution in [2.75, 3.05) is 27.3 Å². The van der Waals surface area contributed by atoms with Crippen LogP contribution in [-0.2, 0) is 0 Å². The second-order valence-corrected chi connectivity index (χ2v) is 7.92. The van der Waals surface area contributed by atoms with E-state index in [9.17, 15) is 0 Å². The van der Waals surface area contributed by atoms with E-state index in [1.165, 1.54) is 44.3 Å². The molecule has 2 aliphatic rings. The molecular weight excluding hydrogens is 338 g/mol. The van der Waals surface area contributed by atoms with Gasteiger partial charge in [-0.1, -0.05) is 24.3 Å². The lowest BCUT2D eigenvalue weighted by atomic mass is 9.71. The molecule has 1 saturated carbocycles.